The Bertz CT molecular complexity index is 620. The van der Waals surface area contributed by atoms with Gasteiger partial charge in [0, 0.05) is 37.2 Å². The zero-order valence-corrected chi connectivity index (χ0v) is 9.87. The van der Waals surface area contributed by atoms with Crippen molar-refractivity contribution in [1.82, 2.24) is 14.1 Å². The number of hydrogen-bond acceptors (Lipinski definition) is 1. The molecule has 0 bridgehead atoms. The Hall–Kier alpha value is -2.03. The lowest BCUT2D eigenvalue weighted by molar-refractivity contribution is 0.592. The predicted molar refractivity (Wildman–Crippen MR) is 68.9 cm³/mol. The van der Waals surface area contributed by atoms with Crippen molar-refractivity contribution in [1.29, 1.82) is 0 Å². The van der Waals surface area contributed by atoms with E-state index in [1.54, 1.807) is 0 Å². The van der Waals surface area contributed by atoms with Gasteiger partial charge in [0.05, 0.1) is 6.33 Å². The van der Waals surface area contributed by atoms with Crippen molar-refractivity contribution in [3.8, 4) is 0 Å². The molecule has 0 fully saturated rings. The average Bonchev–Trinajstić information content (AvgIpc) is 2.94. The highest BCUT2D eigenvalue weighted by atomic mass is 15.1. The van der Waals surface area contributed by atoms with Crippen molar-refractivity contribution in [3.05, 3.63) is 54.7 Å². The van der Waals surface area contributed by atoms with Crippen LogP contribution in [0.25, 0.3) is 10.9 Å². The Balaban J connectivity index is 1.86. The van der Waals surface area contributed by atoms with Crippen molar-refractivity contribution in [3.63, 3.8) is 0 Å². The number of benzene rings is 1. The van der Waals surface area contributed by atoms with Gasteiger partial charge in [-0.15, -0.1) is 0 Å². The maximum absolute atomic E-state index is 4.05. The Kier molecular flexibility index (Phi) is 2.44. The normalized spacial score (nSPS) is 11.1. The summed E-state index contributed by atoms with van der Waals surface area (Å²) in [5.74, 6) is 0. The molecule has 2 aromatic heterocycles. The SMILES string of the molecule is Cc1ccc2c(ccn2CCn2ccnc2)c1. The number of nitrogens with zero attached hydrogens (tertiary/aromatic N) is 3. The third kappa shape index (κ3) is 1.96. The van der Waals surface area contributed by atoms with E-state index in [1.165, 1.54) is 16.5 Å². The Morgan fingerprint density at radius 2 is 2.06 bits per heavy atom. The van der Waals surface area contributed by atoms with Crippen LogP contribution in [-0.2, 0) is 13.1 Å². The van der Waals surface area contributed by atoms with E-state index in [0.717, 1.165) is 13.1 Å². The van der Waals surface area contributed by atoms with Gasteiger partial charge in [-0.05, 0) is 30.5 Å². The standard InChI is InChI=1S/C14H15N3/c1-12-2-3-14-13(10-12)4-6-17(14)9-8-16-7-5-15-11-16/h2-7,10-11H,8-9H2,1H3. The van der Waals surface area contributed by atoms with E-state index >= 15 is 0 Å². The highest BCUT2D eigenvalue weighted by Gasteiger charge is 2.00. The largest absolute Gasteiger partial charge is 0.346 e. The van der Waals surface area contributed by atoms with E-state index in [4.69, 9.17) is 0 Å². The molecule has 0 N–H and O–H groups in total. The van der Waals surface area contributed by atoms with Gasteiger partial charge < -0.3 is 9.13 Å². The number of fused-ring (bicyclic) bond motifs is 1. The third-order valence-electron chi connectivity index (χ3n) is 3.08. The molecular formula is C14H15N3. The van der Waals surface area contributed by atoms with Gasteiger partial charge >= 0.3 is 0 Å². The van der Waals surface area contributed by atoms with E-state index in [-0.39, 0.29) is 0 Å². The summed E-state index contributed by atoms with van der Waals surface area (Å²) in [5, 5.41) is 1.32. The van der Waals surface area contributed by atoms with Gasteiger partial charge in [-0.1, -0.05) is 11.6 Å². The van der Waals surface area contributed by atoms with Crippen LogP contribution in [0, 0.1) is 6.92 Å². The number of hydrogen-bond donors (Lipinski definition) is 0. The van der Waals surface area contributed by atoms with Gasteiger partial charge in [0.15, 0.2) is 0 Å². The van der Waals surface area contributed by atoms with Gasteiger partial charge in [0.2, 0.25) is 0 Å². The second-order valence-electron chi connectivity index (χ2n) is 4.37. The molecule has 86 valence electrons. The van der Waals surface area contributed by atoms with Gasteiger partial charge in [0.25, 0.3) is 0 Å². The molecule has 0 aliphatic rings. The fourth-order valence-corrected chi connectivity index (χ4v) is 2.16. The first kappa shape index (κ1) is 10.1. The fraction of sp³-hybridized carbons (Fsp3) is 0.214. The van der Waals surface area contributed by atoms with Gasteiger partial charge in [-0.25, -0.2) is 4.98 Å². The molecule has 0 saturated carbocycles. The topological polar surface area (TPSA) is 22.8 Å². The molecule has 0 aliphatic heterocycles. The van der Waals surface area contributed by atoms with Crippen LogP contribution in [0.1, 0.15) is 5.56 Å². The smallest absolute Gasteiger partial charge is 0.0946 e. The second kappa shape index (κ2) is 4.09. The summed E-state index contributed by atoms with van der Waals surface area (Å²) in [6.07, 6.45) is 7.82. The highest BCUT2D eigenvalue weighted by molar-refractivity contribution is 5.80. The first-order chi connectivity index (χ1) is 8.33. The number of aryl methyl sites for hydroxylation is 3. The zero-order valence-electron chi connectivity index (χ0n) is 9.87. The molecule has 0 atom stereocenters. The maximum atomic E-state index is 4.05. The van der Waals surface area contributed by atoms with Crippen LogP contribution in [0.5, 0.6) is 0 Å². The van der Waals surface area contributed by atoms with Crippen LogP contribution in [0.2, 0.25) is 0 Å². The monoisotopic (exact) mass is 225 g/mol. The summed E-state index contributed by atoms with van der Waals surface area (Å²) in [5.41, 5.74) is 2.61. The molecule has 17 heavy (non-hydrogen) atoms. The lowest BCUT2D eigenvalue weighted by Crippen LogP contribution is -2.04. The minimum Gasteiger partial charge on any atom is -0.346 e. The van der Waals surface area contributed by atoms with E-state index in [9.17, 15) is 0 Å². The molecule has 1 aromatic carbocycles. The molecular weight excluding hydrogens is 210 g/mol. The highest BCUT2D eigenvalue weighted by Crippen LogP contribution is 2.17. The summed E-state index contributed by atoms with van der Waals surface area (Å²) < 4.78 is 4.38. The lowest BCUT2D eigenvalue weighted by Gasteiger charge is -2.06. The zero-order chi connectivity index (χ0) is 11.7. The molecule has 0 spiro atoms. The number of imidazole rings is 1. The minimum absolute atomic E-state index is 0.956. The molecule has 0 amide bonds. The van der Waals surface area contributed by atoms with Crippen molar-refractivity contribution in [2.75, 3.05) is 0 Å². The number of aromatic nitrogens is 3. The summed E-state index contributed by atoms with van der Waals surface area (Å²) in [6, 6.07) is 8.76. The average molecular weight is 225 g/mol. The fourth-order valence-electron chi connectivity index (χ4n) is 2.16. The van der Waals surface area contributed by atoms with Gasteiger partial charge in [-0.3, -0.25) is 0 Å². The quantitative estimate of drug-likeness (QED) is 0.672. The van der Waals surface area contributed by atoms with Crippen LogP contribution >= 0.6 is 0 Å². The molecule has 0 aliphatic carbocycles. The van der Waals surface area contributed by atoms with Crippen LogP contribution in [-0.4, -0.2) is 14.1 Å². The summed E-state index contributed by atoms with van der Waals surface area (Å²) in [7, 11) is 0. The minimum atomic E-state index is 0.956. The number of rotatable bonds is 3. The Morgan fingerprint density at radius 1 is 1.12 bits per heavy atom. The van der Waals surface area contributed by atoms with Crippen molar-refractivity contribution in [2.45, 2.75) is 20.0 Å². The molecule has 0 radical (unpaired) electrons. The molecule has 3 heteroatoms. The van der Waals surface area contributed by atoms with E-state index < -0.39 is 0 Å². The summed E-state index contributed by atoms with van der Waals surface area (Å²) >= 11 is 0. The molecule has 3 rings (SSSR count). The van der Waals surface area contributed by atoms with Crippen LogP contribution in [0.15, 0.2) is 49.2 Å². The molecule has 0 saturated heterocycles. The first-order valence-corrected chi connectivity index (χ1v) is 5.84. The van der Waals surface area contributed by atoms with Gasteiger partial charge in [0.1, 0.15) is 0 Å². The summed E-state index contributed by atoms with van der Waals surface area (Å²) in [6.45, 7) is 4.06. The van der Waals surface area contributed by atoms with E-state index in [0.29, 0.717) is 0 Å². The van der Waals surface area contributed by atoms with Crippen LogP contribution in [0.4, 0.5) is 0 Å². The Morgan fingerprint density at radius 3 is 2.88 bits per heavy atom. The molecule has 2 heterocycles. The molecule has 3 nitrogen and oxygen atoms in total. The van der Waals surface area contributed by atoms with Crippen molar-refractivity contribution in [2.24, 2.45) is 0 Å². The molecule has 3 aromatic rings. The first-order valence-electron chi connectivity index (χ1n) is 5.84. The van der Waals surface area contributed by atoms with Gasteiger partial charge in [-0.2, -0.15) is 0 Å². The molecule has 0 unspecified atom stereocenters. The van der Waals surface area contributed by atoms with E-state index in [2.05, 4.69) is 51.5 Å². The van der Waals surface area contributed by atoms with Crippen LogP contribution < -0.4 is 0 Å². The van der Waals surface area contributed by atoms with E-state index in [1.807, 2.05) is 18.7 Å². The second-order valence-corrected chi connectivity index (χ2v) is 4.37. The van der Waals surface area contributed by atoms with Crippen molar-refractivity contribution < 1.29 is 0 Å². The Labute approximate surface area is 100 Å². The predicted octanol–water partition coefficient (Wildman–Crippen LogP) is 2.85. The third-order valence-corrected chi connectivity index (χ3v) is 3.08. The van der Waals surface area contributed by atoms with Crippen LogP contribution in [0.3, 0.4) is 0 Å². The van der Waals surface area contributed by atoms with Crippen molar-refractivity contribution >= 4 is 10.9 Å². The lowest BCUT2D eigenvalue weighted by atomic mass is 10.2. The maximum Gasteiger partial charge on any atom is 0.0946 e. The summed E-state index contributed by atoms with van der Waals surface area (Å²) in [4.78, 5) is 4.05.